The largest absolute Gasteiger partial charge is 0.359 e. The summed E-state index contributed by atoms with van der Waals surface area (Å²) in [7, 11) is 0. The first kappa shape index (κ1) is 23.3. The first-order valence-electron chi connectivity index (χ1n) is 9.61. The smallest absolute Gasteiger partial charge is 0.324 e. The number of carbonyl (C=O) groups excluding carboxylic acids is 2. The van der Waals surface area contributed by atoms with E-state index < -0.39 is 17.7 Å². The van der Waals surface area contributed by atoms with Crippen LogP contribution in [0.5, 0.6) is 0 Å². The Balaban J connectivity index is 1.56. The van der Waals surface area contributed by atoms with Gasteiger partial charge in [-0.25, -0.2) is 4.79 Å². The number of rotatable bonds is 6. The molecule has 3 amide bonds. The van der Waals surface area contributed by atoms with Crippen molar-refractivity contribution in [3.8, 4) is 0 Å². The Morgan fingerprint density at radius 3 is 2.22 bits per heavy atom. The van der Waals surface area contributed by atoms with Crippen molar-refractivity contribution >= 4 is 40.9 Å². The lowest BCUT2D eigenvalue weighted by atomic mass is 9.93. The number of alkyl halides is 2. The Morgan fingerprint density at radius 2 is 1.62 bits per heavy atom. The number of nitrogens with one attached hydrogen (secondary N) is 3. The van der Waals surface area contributed by atoms with Gasteiger partial charge in [-0.05, 0) is 42.5 Å². The normalized spacial score (nSPS) is 11.3. The van der Waals surface area contributed by atoms with Crippen LogP contribution in [-0.2, 0) is 5.41 Å². The molecule has 0 unspecified atom stereocenters. The Bertz CT molecular complexity index is 1100. The van der Waals surface area contributed by atoms with Crippen molar-refractivity contribution in [2.24, 2.45) is 0 Å². The highest BCUT2D eigenvalue weighted by Gasteiger charge is 2.20. The SMILES string of the molecule is CC(C)(C)c1cc(NC(=O)Nc2ccc(NC(=O)c3cccc(SC(F)F)c3)cc2)no1. The lowest BCUT2D eigenvalue weighted by molar-refractivity contribution is 0.102. The van der Waals surface area contributed by atoms with Gasteiger partial charge in [0.15, 0.2) is 5.82 Å². The highest BCUT2D eigenvalue weighted by molar-refractivity contribution is 7.99. The van der Waals surface area contributed by atoms with Gasteiger partial charge in [-0.3, -0.25) is 10.1 Å². The van der Waals surface area contributed by atoms with Gasteiger partial charge < -0.3 is 15.2 Å². The molecule has 7 nitrogen and oxygen atoms in total. The van der Waals surface area contributed by atoms with Gasteiger partial charge in [-0.2, -0.15) is 8.78 Å². The first-order chi connectivity index (χ1) is 15.1. The van der Waals surface area contributed by atoms with Crippen LogP contribution in [0, 0.1) is 0 Å². The number of halogens is 2. The maximum atomic E-state index is 12.5. The second-order valence-electron chi connectivity index (χ2n) is 7.84. The average Bonchev–Trinajstić information content (AvgIpc) is 3.18. The summed E-state index contributed by atoms with van der Waals surface area (Å²) in [6.45, 7) is 5.91. The molecule has 2 aromatic carbocycles. The number of aromatic nitrogens is 1. The van der Waals surface area contributed by atoms with Gasteiger partial charge in [0.05, 0.1) is 0 Å². The van der Waals surface area contributed by atoms with Gasteiger partial charge in [-0.1, -0.05) is 43.8 Å². The molecule has 0 bridgehead atoms. The minimum atomic E-state index is -2.56. The first-order valence-corrected chi connectivity index (χ1v) is 10.5. The number of hydrogen-bond donors (Lipinski definition) is 3. The molecule has 3 rings (SSSR count). The predicted octanol–water partition coefficient (Wildman–Crippen LogP) is 6.18. The van der Waals surface area contributed by atoms with Crippen LogP contribution in [-0.4, -0.2) is 22.9 Å². The Kier molecular flexibility index (Phi) is 7.14. The zero-order valence-corrected chi connectivity index (χ0v) is 18.4. The topological polar surface area (TPSA) is 96.3 Å². The minimum absolute atomic E-state index is 0.229. The fraction of sp³-hybridized carbons (Fsp3) is 0.227. The highest BCUT2D eigenvalue weighted by Crippen LogP contribution is 2.26. The van der Waals surface area contributed by atoms with Crippen molar-refractivity contribution in [1.29, 1.82) is 0 Å². The summed E-state index contributed by atoms with van der Waals surface area (Å²) in [6, 6.07) is 13.6. The van der Waals surface area contributed by atoms with Crippen molar-refractivity contribution in [1.82, 2.24) is 5.16 Å². The molecule has 0 saturated heterocycles. The Hall–Kier alpha value is -3.40. The third-order valence-corrected chi connectivity index (χ3v) is 4.92. The number of amides is 3. The summed E-state index contributed by atoms with van der Waals surface area (Å²) in [5.41, 5.74) is 1.02. The summed E-state index contributed by atoms with van der Waals surface area (Å²) in [4.78, 5) is 24.9. The van der Waals surface area contributed by atoms with Crippen molar-refractivity contribution in [2.75, 3.05) is 16.0 Å². The Labute approximate surface area is 187 Å². The highest BCUT2D eigenvalue weighted by atomic mass is 32.2. The van der Waals surface area contributed by atoms with Crippen molar-refractivity contribution in [3.05, 3.63) is 65.9 Å². The fourth-order valence-electron chi connectivity index (χ4n) is 2.62. The van der Waals surface area contributed by atoms with E-state index in [1.807, 2.05) is 20.8 Å². The van der Waals surface area contributed by atoms with E-state index in [2.05, 4.69) is 21.1 Å². The van der Waals surface area contributed by atoms with Crippen LogP contribution in [0.25, 0.3) is 0 Å². The summed E-state index contributed by atoms with van der Waals surface area (Å²) in [5.74, 6) is -2.05. The molecule has 0 atom stereocenters. The predicted molar refractivity (Wildman–Crippen MR) is 121 cm³/mol. The molecule has 0 saturated carbocycles. The molecule has 0 aliphatic heterocycles. The van der Waals surface area contributed by atoms with Crippen LogP contribution < -0.4 is 16.0 Å². The van der Waals surface area contributed by atoms with Crippen LogP contribution in [0.4, 0.5) is 30.8 Å². The van der Waals surface area contributed by atoms with E-state index in [1.54, 1.807) is 42.5 Å². The quantitative estimate of drug-likeness (QED) is 0.382. The molecular weight excluding hydrogens is 438 g/mol. The van der Waals surface area contributed by atoms with E-state index in [0.29, 0.717) is 39.6 Å². The molecule has 1 aromatic heterocycles. The molecular formula is C22H22F2N4O3S. The standard InChI is InChI=1S/C22H22F2N4O3S/c1-22(2,3)17-12-18(28-31-17)27-21(30)26-15-9-7-14(8-10-15)25-19(29)13-5-4-6-16(11-13)32-20(23)24/h4-12,20H,1-3H3,(H,25,29)(H2,26,27,28,30). The molecule has 10 heteroatoms. The van der Waals surface area contributed by atoms with E-state index in [9.17, 15) is 18.4 Å². The lowest BCUT2D eigenvalue weighted by Crippen LogP contribution is -2.19. The van der Waals surface area contributed by atoms with E-state index in [-0.39, 0.29) is 11.0 Å². The molecule has 32 heavy (non-hydrogen) atoms. The molecule has 0 radical (unpaired) electrons. The van der Waals surface area contributed by atoms with Gasteiger partial charge in [0.1, 0.15) is 5.76 Å². The Morgan fingerprint density at radius 1 is 0.969 bits per heavy atom. The van der Waals surface area contributed by atoms with Crippen LogP contribution in [0.1, 0.15) is 36.9 Å². The fourth-order valence-corrected chi connectivity index (χ4v) is 3.18. The molecule has 0 aliphatic carbocycles. The van der Waals surface area contributed by atoms with Crippen LogP contribution in [0.15, 0.2) is 64.0 Å². The van der Waals surface area contributed by atoms with E-state index >= 15 is 0 Å². The maximum absolute atomic E-state index is 12.5. The monoisotopic (exact) mass is 460 g/mol. The number of benzene rings is 2. The molecule has 3 N–H and O–H groups in total. The summed E-state index contributed by atoms with van der Waals surface area (Å²) >= 11 is 0.377. The molecule has 0 spiro atoms. The van der Waals surface area contributed by atoms with Crippen molar-refractivity contribution in [2.45, 2.75) is 36.8 Å². The molecule has 168 valence electrons. The summed E-state index contributed by atoms with van der Waals surface area (Å²) < 4.78 is 30.3. The third-order valence-electron chi connectivity index (χ3n) is 4.21. The lowest BCUT2D eigenvalue weighted by Gasteiger charge is -2.12. The second kappa shape index (κ2) is 9.82. The number of thioether (sulfide) groups is 1. The number of carbonyl (C=O) groups is 2. The van der Waals surface area contributed by atoms with Gasteiger partial charge in [0.25, 0.3) is 11.7 Å². The van der Waals surface area contributed by atoms with Crippen LogP contribution in [0.3, 0.4) is 0 Å². The van der Waals surface area contributed by atoms with Crippen molar-refractivity contribution < 1.29 is 22.9 Å². The zero-order chi connectivity index (χ0) is 23.3. The average molecular weight is 461 g/mol. The minimum Gasteiger partial charge on any atom is -0.359 e. The number of hydrogen-bond acceptors (Lipinski definition) is 5. The van der Waals surface area contributed by atoms with Gasteiger partial charge >= 0.3 is 6.03 Å². The number of nitrogens with zero attached hydrogens (tertiary/aromatic N) is 1. The van der Waals surface area contributed by atoms with E-state index in [1.165, 1.54) is 12.1 Å². The van der Waals surface area contributed by atoms with Gasteiger partial charge in [0.2, 0.25) is 0 Å². The summed E-state index contributed by atoms with van der Waals surface area (Å²) in [6.07, 6.45) is 0. The molecule has 1 heterocycles. The molecule has 0 fully saturated rings. The van der Waals surface area contributed by atoms with E-state index in [4.69, 9.17) is 4.52 Å². The maximum Gasteiger partial charge on any atom is 0.324 e. The number of anilines is 3. The molecule has 0 aliphatic rings. The van der Waals surface area contributed by atoms with Gasteiger partial charge in [-0.15, -0.1) is 0 Å². The zero-order valence-electron chi connectivity index (χ0n) is 17.6. The molecule has 3 aromatic rings. The summed E-state index contributed by atoms with van der Waals surface area (Å²) in [5, 5.41) is 11.8. The number of urea groups is 1. The van der Waals surface area contributed by atoms with Crippen molar-refractivity contribution in [3.63, 3.8) is 0 Å². The van der Waals surface area contributed by atoms with Crippen LogP contribution >= 0.6 is 11.8 Å². The second-order valence-corrected chi connectivity index (χ2v) is 8.91. The van der Waals surface area contributed by atoms with Gasteiger partial charge in [0, 0.05) is 33.3 Å². The van der Waals surface area contributed by atoms with E-state index in [0.717, 1.165) is 0 Å². The third kappa shape index (κ3) is 6.55. The van der Waals surface area contributed by atoms with Crippen LogP contribution in [0.2, 0.25) is 0 Å².